The maximum absolute atomic E-state index is 12.4. The average molecular weight is 358 g/mol. The Hall–Kier alpha value is -1.70. The molecule has 1 aliphatic rings. The molecule has 0 radical (unpaired) electrons. The van der Waals surface area contributed by atoms with E-state index >= 15 is 0 Å². The average Bonchev–Trinajstić information content (AvgIpc) is 2.54. The number of benzene rings is 1. The molecule has 24 heavy (non-hydrogen) atoms. The number of carbonyl (C=O) groups excluding carboxylic acids is 1. The Balaban J connectivity index is 0.00000288. The van der Waals surface area contributed by atoms with Gasteiger partial charge >= 0.3 is 0 Å². The van der Waals surface area contributed by atoms with Crippen molar-refractivity contribution in [3.05, 3.63) is 39.4 Å². The van der Waals surface area contributed by atoms with E-state index in [1.54, 1.807) is 20.1 Å². The van der Waals surface area contributed by atoms with Gasteiger partial charge in [0.1, 0.15) is 0 Å². The monoisotopic (exact) mass is 357 g/mol. The number of non-ortho nitro benzene ring substituents is 1. The van der Waals surface area contributed by atoms with Crippen LogP contribution in [0, 0.1) is 22.5 Å². The van der Waals surface area contributed by atoms with E-state index in [9.17, 15) is 14.9 Å². The van der Waals surface area contributed by atoms with E-state index in [2.05, 4.69) is 10.6 Å². The Labute approximate surface area is 147 Å². The summed E-state index contributed by atoms with van der Waals surface area (Å²) in [6.45, 7) is 4.66. The number of piperidine rings is 1. The lowest BCUT2D eigenvalue weighted by atomic mass is 9.79. The smallest absolute Gasteiger partial charge is 0.270 e. The topological polar surface area (TPSA) is 93.5 Å². The van der Waals surface area contributed by atoms with Crippen LogP contribution in [0.4, 0.5) is 5.69 Å². The number of methoxy groups -OCH3 is 1. The molecule has 1 aliphatic heterocycles. The summed E-state index contributed by atoms with van der Waals surface area (Å²) >= 11 is 0. The summed E-state index contributed by atoms with van der Waals surface area (Å²) in [4.78, 5) is 22.8. The number of hydrogen-bond acceptors (Lipinski definition) is 5. The third-order valence-electron chi connectivity index (χ3n) is 4.42. The predicted octanol–water partition coefficient (Wildman–Crippen LogP) is 2.07. The number of hydrogen-bond donors (Lipinski definition) is 2. The lowest BCUT2D eigenvalue weighted by molar-refractivity contribution is -0.384. The fourth-order valence-corrected chi connectivity index (χ4v) is 2.97. The van der Waals surface area contributed by atoms with Crippen molar-refractivity contribution in [2.24, 2.45) is 5.41 Å². The number of aryl methyl sites for hydroxylation is 1. The molecule has 7 nitrogen and oxygen atoms in total. The van der Waals surface area contributed by atoms with Gasteiger partial charge < -0.3 is 15.4 Å². The van der Waals surface area contributed by atoms with Crippen LogP contribution in [0.1, 0.15) is 28.8 Å². The Morgan fingerprint density at radius 3 is 2.67 bits per heavy atom. The molecule has 0 saturated carbocycles. The van der Waals surface area contributed by atoms with E-state index in [-0.39, 0.29) is 29.4 Å². The number of nitrogens with one attached hydrogen (secondary N) is 2. The lowest BCUT2D eigenvalue weighted by Crippen LogP contribution is -2.47. The Morgan fingerprint density at radius 1 is 1.42 bits per heavy atom. The first kappa shape index (κ1) is 20.3. The highest BCUT2D eigenvalue weighted by molar-refractivity contribution is 5.96. The maximum Gasteiger partial charge on any atom is 0.270 e. The summed E-state index contributed by atoms with van der Waals surface area (Å²) in [7, 11) is 1.66. The first-order valence-corrected chi connectivity index (χ1v) is 7.70. The van der Waals surface area contributed by atoms with Crippen LogP contribution in [0.2, 0.25) is 0 Å². The summed E-state index contributed by atoms with van der Waals surface area (Å²) in [5.74, 6) is -0.278. The van der Waals surface area contributed by atoms with E-state index < -0.39 is 4.92 Å². The molecule has 0 unspecified atom stereocenters. The molecule has 8 heteroatoms. The van der Waals surface area contributed by atoms with Gasteiger partial charge in [0.25, 0.3) is 11.6 Å². The van der Waals surface area contributed by atoms with Crippen molar-refractivity contribution < 1.29 is 14.5 Å². The molecule has 1 aromatic carbocycles. The number of nitrogens with zero attached hydrogens (tertiary/aromatic N) is 1. The normalized spacial score (nSPS) is 16.1. The van der Waals surface area contributed by atoms with Gasteiger partial charge in [0.05, 0.1) is 11.5 Å². The largest absolute Gasteiger partial charge is 0.384 e. The fourth-order valence-electron chi connectivity index (χ4n) is 2.97. The van der Waals surface area contributed by atoms with E-state index in [0.29, 0.717) is 18.7 Å². The molecule has 1 amide bonds. The molecule has 134 valence electrons. The van der Waals surface area contributed by atoms with Crippen LogP contribution in [-0.4, -0.2) is 44.2 Å². The second kappa shape index (κ2) is 8.96. The standard InChI is InChI=1S/C16H23N3O4.ClH/c1-12-3-4-13(19(21)22)9-14(12)15(20)18-10-16(11-23-2)5-7-17-8-6-16;/h3-4,9,17H,5-8,10-11H2,1-2H3,(H,18,20);1H. The van der Waals surface area contributed by atoms with Crippen LogP contribution in [0.3, 0.4) is 0 Å². The summed E-state index contributed by atoms with van der Waals surface area (Å²) in [6, 6.07) is 4.34. The summed E-state index contributed by atoms with van der Waals surface area (Å²) in [5, 5.41) is 17.1. The van der Waals surface area contributed by atoms with Gasteiger partial charge in [-0.3, -0.25) is 14.9 Å². The Bertz CT molecular complexity index is 583. The number of halogens is 1. The minimum absolute atomic E-state index is 0. The maximum atomic E-state index is 12.4. The highest BCUT2D eigenvalue weighted by Gasteiger charge is 2.32. The van der Waals surface area contributed by atoms with Crippen molar-refractivity contribution in [3.8, 4) is 0 Å². The fraction of sp³-hybridized carbons (Fsp3) is 0.562. The third-order valence-corrected chi connectivity index (χ3v) is 4.42. The van der Waals surface area contributed by atoms with Crippen molar-refractivity contribution in [1.82, 2.24) is 10.6 Å². The van der Waals surface area contributed by atoms with Gasteiger partial charge in [0.15, 0.2) is 0 Å². The van der Waals surface area contributed by atoms with Crippen LogP contribution in [-0.2, 0) is 4.74 Å². The highest BCUT2D eigenvalue weighted by Crippen LogP contribution is 2.28. The van der Waals surface area contributed by atoms with E-state index in [1.165, 1.54) is 12.1 Å². The van der Waals surface area contributed by atoms with Crippen LogP contribution >= 0.6 is 12.4 Å². The number of ether oxygens (including phenoxy) is 1. The minimum Gasteiger partial charge on any atom is -0.384 e. The molecule has 1 aromatic rings. The second-order valence-electron chi connectivity index (χ2n) is 6.12. The van der Waals surface area contributed by atoms with Crippen molar-refractivity contribution in [2.45, 2.75) is 19.8 Å². The van der Waals surface area contributed by atoms with Gasteiger partial charge in [-0.1, -0.05) is 6.07 Å². The summed E-state index contributed by atoms with van der Waals surface area (Å²) in [6.07, 6.45) is 1.85. The van der Waals surface area contributed by atoms with Crippen molar-refractivity contribution >= 4 is 24.0 Å². The zero-order chi connectivity index (χ0) is 16.9. The van der Waals surface area contributed by atoms with Crippen molar-refractivity contribution in [3.63, 3.8) is 0 Å². The van der Waals surface area contributed by atoms with Crippen LogP contribution < -0.4 is 10.6 Å². The highest BCUT2D eigenvalue weighted by atomic mass is 35.5. The molecule has 1 heterocycles. The van der Waals surface area contributed by atoms with Crippen LogP contribution in [0.15, 0.2) is 18.2 Å². The predicted molar refractivity (Wildman–Crippen MR) is 93.8 cm³/mol. The van der Waals surface area contributed by atoms with Gasteiger partial charge in [-0.2, -0.15) is 0 Å². The molecule has 2 rings (SSSR count). The molecule has 1 saturated heterocycles. The van der Waals surface area contributed by atoms with Crippen molar-refractivity contribution in [2.75, 3.05) is 33.4 Å². The number of rotatable bonds is 6. The number of carbonyl (C=O) groups is 1. The van der Waals surface area contributed by atoms with Gasteiger partial charge in [0, 0.05) is 36.8 Å². The van der Waals surface area contributed by atoms with E-state index in [4.69, 9.17) is 4.74 Å². The van der Waals surface area contributed by atoms with Gasteiger partial charge in [-0.25, -0.2) is 0 Å². The lowest BCUT2D eigenvalue weighted by Gasteiger charge is -2.37. The van der Waals surface area contributed by atoms with Gasteiger partial charge in [0.2, 0.25) is 0 Å². The summed E-state index contributed by atoms with van der Waals surface area (Å²) in [5.41, 5.74) is 0.915. The van der Waals surface area contributed by atoms with Crippen LogP contribution in [0.5, 0.6) is 0 Å². The first-order valence-electron chi connectivity index (χ1n) is 7.70. The third kappa shape index (κ3) is 4.90. The quantitative estimate of drug-likeness (QED) is 0.600. The summed E-state index contributed by atoms with van der Waals surface area (Å²) < 4.78 is 5.33. The minimum atomic E-state index is -0.491. The molecular formula is C16H24ClN3O4. The number of amides is 1. The van der Waals surface area contributed by atoms with Gasteiger partial charge in [-0.15, -0.1) is 12.4 Å². The molecule has 2 N–H and O–H groups in total. The Kier molecular flexibility index (Phi) is 7.59. The number of nitro groups is 1. The molecule has 1 fully saturated rings. The van der Waals surface area contributed by atoms with Gasteiger partial charge in [-0.05, 0) is 38.4 Å². The SMILES string of the molecule is COCC1(CNC(=O)c2cc([N+](=O)[O-])ccc2C)CCNCC1.Cl. The molecular weight excluding hydrogens is 334 g/mol. The van der Waals surface area contributed by atoms with E-state index in [1.807, 2.05) is 0 Å². The Morgan fingerprint density at radius 2 is 2.08 bits per heavy atom. The van der Waals surface area contributed by atoms with Crippen molar-refractivity contribution in [1.29, 1.82) is 0 Å². The molecule has 0 spiro atoms. The molecule has 0 aliphatic carbocycles. The zero-order valence-electron chi connectivity index (χ0n) is 14.0. The molecule has 0 aromatic heterocycles. The van der Waals surface area contributed by atoms with Crippen LogP contribution in [0.25, 0.3) is 0 Å². The first-order chi connectivity index (χ1) is 11.0. The number of nitro benzene ring substituents is 1. The molecule has 0 bridgehead atoms. The molecule has 0 atom stereocenters. The van der Waals surface area contributed by atoms with E-state index in [0.717, 1.165) is 31.5 Å². The zero-order valence-corrected chi connectivity index (χ0v) is 14.8. The second-order valence-corrected chi connectivity index (χ2v) is 6.12.